The van der Waals surface area contributed by atoms with Crippen LogP contribution in [0, 0.1) is 0 Å². The van der Waals surface area contributed by atoms with Crippen molar-refractivity contribution >= 4 is 21.6 Å². The van der Waals surface area contributed by atoms with Gasteiger partial charge >= 0.3 is 0 Å². The van der Waals surface area contributed by atoms with Crippen molar-refractivity contribution in [1.82, 2.24) is 5.32 Å². The number of carbonyl (C=O) groups excluding carboxylic acids is 1. The molecule has 0 unspecified atom stereocenters. The van der Waals surface area contributed by atoms with Crippen LogP contribution in [0.1, 0.15) is 44.9 Å². The van der Waals surface area contributed by atoms with Crippen molar-refractivity contribution < 1.29 is 22.7 Å². The lowest BCUT2D eigenvalue weighted by atomic mass is 9.97. The third-order valence-corrected chi connectivity index (χ3v) is 5.94. The maximum atomic E-state index is 12.6. The lowest BCUT2D eigenvalue weighted by Crippen LogP contribution is -2.44. The average molecular weight is 399 g/mol. The molecule has 8 heteroatoms. The number of methoxy groups -OCH3 is 2. The lowest BCUT2D eigenvalue weighted by Gasteiger charge is -2.26. The summed E-state index contributed by atoms with van der Waals surface area (Å²) in [5.74, 6) is 0.574. The lowest BCUT2D eigenvalue weighted by molar-refractivity contribution is -0.120. The van der Waals surface area contributed by atoms with E-state index in [0.29, 0.717) is 17.2 Å². The van der Waals surface area contributed by atoms with E-state index >= 15 is 0 Å². The largest absolute Gasteiger partial charge is 0.497 e. The molecular formula is C19H30N2O5S. The smallest absolute Gasteiger partial charge is 0.240 e. The summed E-state index contributed by atoms with van der Waals surface area (Å²) >= 11 is 0. The number of nitrogens with zero attached hydrogens (tertiary/aromatic N) is 1. The Morgan fingerprint density at radius 2 is 1.74 bits per heavy atom. The SMILES string of the molecule is COc1ccc(N(CC(=O)NC2CCCCCCC2)S(C)(=O)=O)c(OC)c1. The van der Waals surface area contributed by atoms with E-state index < -0.39 is 10.0 Å². The molecule has 0 saturated heterocycles. The summed E-state index contributed by atoms with van der Waals surface area (Å²) in [6, 6.07) is 4.93. The second kappa shape index (κ2) is 9.82. The summed E-state index contributed by atoms with van der Waals surface area (Å²) in [7, 11) is -0.697. The summed E-state index contributed by atoms with van der Waals surface area (Å²) < 4.78 is 36.2. The maximum absolute atomic E-state index is 12.6. The first kappa shape index (κ1) is 21.3. The Morgan fingerprint density at radius 1 is 1.11 bits per heavy atom. The number of ether oxygens (including phenoxy) is 2. The first-order valence-electron chi connectivity index (χ1n) is 9.34. The standard InChI is InChI=1S/C19H30N2O5S/c1-25-16-11-12-17(18(13-16)26-2)21(27(3,23)24)14-19(22)20-15-9-7-5-4-6-8-10-15/h11-13,15H,4-10,14H2,1-3H3,(H,20,22). The third kappa shape index (κ3) is 6.30. The van der Waals surface area contributed by atoms with Crippen molar-refractivity contribution in [2.75, 3.05) is 31.3 Å². The Bertz CT molecular complexity index is 728. The molecular weight excluding hydrogens is 368 g/mol. The number of benzene rings is 1. The van der Waals surface area contributed by atoms with Crippen LogP contribution in [0.5, 0.6) is 11.5 Å². The predicted octanol–water partition coefficient (Wildman–Crippen LogP) is 2.70. The highest BCUT2D eigenvalue weighted by atomic mass is 32.2. The van der Waals surface area contributed by atoms with Gasteiger partial charge in [-0.25, -0.2) is 8.42 Å². The molecule has 1 saturated carbocycles. The molecule has 0 aliphatic heterocycles. The molecule has 0 aromatic heterocycles. The normalized spacial score (nSPS) is 16.1. The van der Waals surface area contributed by atoms with E-state index in [1.165, 1.54) is 33.5 Å². The molecule has 2 rings (SSSR count). The molecule has 7 nitrogen and oxygen atoms in total. The molecule has 1 fully saturated rings. The minimum absolute atomic E-state index is 0.108. The van der Waals surface area contributed by atoms with Gasteiger partial charge in [-0.2, -0.15) is 0 Å². The summed E-state index contributed by atoms with van der Waals surface area (Å²) in [4.78, 5) is 12.6. The first-order valence-corrected chi connectivity index (χ1v) is 11.2. The molecule has 1 N–H and O–H groups in total. The number of hydrogen-bond donors (Lipinski definition) is 1. The minimum atomic E-state index is -3.67. The van der Waals surface area contributed by atoms with Gasteiger partial charge in [-0.1, -0.05) is 32.1 Å². The average Bonchev–Trinajstić information content (AvgIpc) is 2.60. The molecule has 1 aromatic carbocycles. The van der Waals surface area contributed by atoms with Crippen molar-refractivity contribution in [1.29, 1.82) is 0 Å². The highest BCUT2D eigenvalue weighted by molar-refractivity contribution is 7.92. The number of nitrogens with one attached hydrogen (secondary N) is 1. The van der Waals surface area contributed by atoms with E-state index in [1.54, 1.807) is 18.2 Å². The number of amides is 1. The Hall–Kier alpha value is -1.96. The molecule has 1 aliphatic rings. The number of hydrogen-bond acceptors (Lipinski definition) is 5. The third-order valence-electron chi connectivity index (χ3n) is 4.81. The van der Waals surface area contributed by atoms with Crippen LogP contribution < -0.4 is 19.1 Å². The number of anilines is 1. The highest BCUT2D eigenvalue weighted by Gasteiger charge is 2.25. The summed E-state index contributed by atoms with van der Waals surface area (Å²) in [5.41, 5.74) is 0.314. The van der Waals surface area contributed by atoms with Gasteiger partial charge < -0.3 is 14.8 Å². The van der Waals surface area contributed by atoms with Gasteiger partial charge in [-0.3, -0.25) is 9.10 Å². The second-order valence-corrected chi connectivity index (χ2v) is 8.82. The fourth-order valence-corrected chi connectivity index (χ4v) is 4.24. The topological polar surface area (TPSA) is 84.9 Å². The van der Waals surface area contributed by atoms with Gasteiger partial charge in [-0.15, -0.1) is 0 Å². The van der Waals surface area contributed by atoms with Crippen molar-refractivity contribution in [3.05, 3.63) is 18.2 Å². The zero-order chi connectivity index (χ0) is 19.9. The maximum Gasteiger partial charge on any atom is 0.240 e. The molecule has 0 atom stereocenters. The highest BCUT2D eigenvalue weighted by Crippen LogP contribution is 2.33. The second-order valence-electron chi connectivity index (χ2n) is 6.92. The van der Waals surface area contributed by atoms with E-state index in [1.807, 2.05) is 0 Å². The van der Waals surface area contributed by atoms with Crippen LogP contribution >= 0.6 is 0 Å². The molecule has 1 aliphatic carbocycles. The molecule has 0 radical (unpaired) electrons. The van der Waals surface area contributed by atoms with E-state index in [-0.39, 0.29) is 18.5 Å². The van der Waals surface area contributed by atoms with E-state index in [2.05, 4.69) is 5.32 Å². The van der Waals surface area contributed by atoms with Crippen molar-refractivity contribution in [2.24, 2.45) is 0 Å². The van der Waals surface area contributed by atoms with Gasteiger partial charge in [0.15, 0.2) is 0 Å². The van der Waals surface area contributed by atoms with Gasteiger partial charge in [-0.05, 0) is 25.0 Å². The Kier molecular flexibility index (Phi) is 7.77. The van der Waals surface area contributed by atoms with Gasteiger partial charge in [0.05, 0.1) is 26.2 Å². The van der Waals surface area contributed by atoms with Gasteiger partial charge in [0.2, 0.25) is 15.9 Å². The summed E-state index contributed by atoms with van der Waals surface area (Å²) in [6.45, 7) is -0.280. The zero-order valence-corrected chi connectivity index (χ0v) is 17.2. The molecule has 152 valence electrons. The summed E-state index contributed by atoms with van der Waals surface area (Å²) in [5, 5.41) is 3.01. The minimum Gasteiger partial charge on any atom is -0.497 e. The van der Waals surface area contributed by atoms with Crippen LogP contribution in [-0.4, -0.2) is 47.4 Å². The zero-order valence-electron chi connectivity index (χ0n) is 16.4. The first-order chi connectivity index (χ1) is 12.8. The van der Waals surface area contributed by atoms with Crippen LogP contribution in [0.4, 0.5) is 5.69 Å². The van der Waals surface area contributed by atoms with E-state index in [9.17, 15) is 13.2 Å². The van der Waals surface area contributed by atoms with E-state index in [4.69, 9.17) is 9.47 Å². The number of rotatable bonds is 7. The Morgan fingerprint density at radius 3 is 2.30 bits per heavy atom. The van der Waals surface area contributed by atoms with Crippen molar-refractivity contribution in [2.45, 2.75) is 51.0 Å². The Labute approximate surface area is 162 Å². The Balaban J connectivity index is 2.16. The molecule has 0 bridgehead atoms. The fourth-order valence-electron chi connectivity index (χ4n) is 3.38. The summed E-state index contributed by atoms with van der Waals surface area (Å²) in [6.07, 6.45) is 8.77. The predicted molar refractivity (Wildman–Crippen MR) is 106 cm³/mol. The van der Waals surface area contributed by atoms with Gasteiger partial charge in [0, 0.05) is 12.1 Å². The van der Waals surface area contributed by atoms with Crippen LogP contribution in [-0.2, 0) is 14.8 Å². The van der Waals surface area contributed by atoms with E-state index in [0.717, 1.165) is 36.2 Å². The molecule has 1 aromatic rings. The monoisotopic (exact) mass is 398 g/mol. The quantitative estimate of drug-likeness (QED) is 0.763. The number of carbonyl (C=O) groups is 1. The molecule has 0 spiro atoms. The van der Waals surface area contributed by atoms with Crippen LogP contribution in [0.2, 0.25) is 0 Å². The molecule has 27 heavy (non-hydrogen) atoms. The molecule has 0 heterocycles. The van der Waals surface area contributed by atoms with Gasteiger partial charge in [0.1, 0.15) is 18.0 Å². The fraction of sp³-hybridized carbons (Fsp3) is 0.632. The van der Waals surface area contributed by atoms with Crippen molar-refractivity contribution in [3.8, 4) is 11.5 Å². The number of sulfonamides is 1. The van der Waals surface area contributed by atoms with Gasteiger partial charge in [0.25, 0.3) is 0 Å². The van der Waals surface area contributed by atoms with Crippen LogP contribution in [0.25, 0.3) is 0 Å². The van der Waals surface area contributed by atoms with Crippen molar-refractivity contribution in [3.63, 3.8) is 0 Å². The van der Waals surface area contributed by atoms with Crippen LogP contribution in [0.3, 0.4) is 0 Å². The van der Waals surface area contributed by atoms with Crippen LogP contribution in [0.15, 0.2) is 18.2 Å². The molecule has 1 amide bonds.